The number of rotatable bonds is 3. The van der Waals surface area contributed by atoms with Crippen molar-refractivity contribution in [2.75, 3.05) is 18.9 Å². The Morgan fingerprint density at radius 1 is 1.50 bits per heavy atom. The zero-order valence-corrected chi connectivity index (χ0v) is 7.38. The fourth-order valence-electron chi connectivity index (χ4n) is 0.720. The summed E-state index contributed by atoms with van der Waals surface area (Å²) in [4.78, 5) is 34.3. The Hall–Kier alpha value is -2.12. The molecule has 0 atom stereocenters. The molecule has 0 aromatic carbocycles. The third kappa shape index (κ3) is 2.44. The Morgan fingerprint density at radius 3 is 2.79 bits per heavy atom. The lowest BCUT2D eigenvalue weighted by atomic mass is 10.5. The molecule has 8 nitrogen and oxygen atoms in total. The number of likely N-dealkylation sites (N-methyl/N-ethyl adjacent to an activating group) is 1. The number of amides is 1. The summed E-state index contributed by atoms with van der Waals surface area (Å²) < 4.78 is 0. The van der Waals surface area contributed by atoms with E-state index in [1.807, 2.05) is 10.1 Å². The monoisotopic (exact) mass is 199 g/mol. The molecule has 0 bridgehead atoms. The third-order valence-corrected chi connectivity index (χ3v) is 1.41. The summed E-state index contributed by atoms with van der Waals surface area (Å²) in [5, 5.41) is 10.2. The van der Waals surface area contributed by atoms with Gasteiger partial charge in [-0.2, -0.15) is 0 Å². The number of aromatic nitrogens is 3. The van der Waals surface area contributed by atoms with Gasteiger partial charge in [0.25, 0.3) is 5.56 Å². The normalized spacial score (nSPS) is 9.50. The van der Waals surface area contributed by atoms with Gasteiger partial charge in [-0.05, 0) is 0 Å². The zero-order chi connectivity index (χ0) is 10.6. The van der Waals surface area contributed by atoms with Crippen molar-refractivity contribution in [3.8, 4) is 0 Å². The van der Waals surface area contributed by atoms with Crippen molar-refractivity contribution in [3.05, 3.63) is 20.8 Å². The van der Waals surface area contributed by atoms with Gasteiger partial charge in [0.15, 0.2) is 0 Å². The highest BCUT2D eigenvalue weighted by atomic mass is 16.2. The van der Waals surface area contributed by atoms with E-state index >= 15 is 0 Å². The van der Waals surface area contributed by atoms with Crippen LogP contribution in [0.15, 0.2) is 9.59 Å². The number of carbonyl (C=O) groups excluding carboxylic acids is 1. The number of nitrogens with zero attached hydrogens (tertiary/aromatic N) is 1. The van der Waals surface area contributed by atoms with Crippen LogP contribution in [0.3, 0.4) is 0 Å². The molecule has 0 radical (unpaired) electrons. The number of anilines is 1. The molecule has 0 saturated carbocycles. The zero-order valence-electron chi connectivity index (χ0n) is 7.38. The molecular formula is C6H9N5O3. The van der Waals surface area contributed by atoms with Crippen LogP contribution >= 0.6 is 0 Å². The Kier molecular flexibility index (Phi) is 3.00. The average Bonchev–Trinajstić information content (AvgIpc) is 2.16. The molecule has 1 amide bonds. The van der Waals surface area contributed by atoms with Crippen LogP contribution in [0.5, 0.6) is 0 Å². The number of aromatic amines is 2. The summed E-state index contributed by atoms with van der Waals surface area (Å²) in [6.45, 7) is -0.0847. The van der Waals surface area contributed by atoms with E-state index in [9.17, 15) is 14.4 Å². The first-order valence-electron chi connectivity index (χ1n) is 3.77. The highest BCUT2D eigenvalue weighted by molar-refractivity contribution is 5.79. The van der Waals surface area contributed by atoms with Gasteiger partial charge in [0.05, 0.1) is 6.54 Å². The van der Waals surface area contributed by atoms with Crippen LogP contribution in [0.1, 0.15) is 0 Å². The smallest absolute Gasteiger partial charge is 0.342 e. The van der Waals surface area contributed by atoms with E-state index in [4.69, 9.17) is 0 Å². The first kappa shape index (κ1) is 9.96. The molecule has 1 aromatic heterocycles. The molecule has 1 heterocycles. The standard InChI is InChI=1S/C6H9N5O3/c1-7-3(12)2-8-4-5(13)9-6(14)11-10-4/h2H2,1H3,(H,7,12)(H,8,10)(H2,9,11,13,14). The van der Waals surface area contributed by atoms with Crippen molar-refractivity contribution >= 4 is 11.7 Å². The highest BCUT2D eigenvalue weighted by Gasteiger charge is 2.03. The van der Waals surface area contributed by atoms with Crippen molar-refractivity contribution in [1.29, 1.82) is 0 Å². The molecule has 0 spiro atoms. The van der Waals surface area contributed by atoms with Crippen LogP contribution in [0.4, 0.5) is 5.82 Å². The van der Waals surface area contributed by atoms with Crippen LogP contribution in [0.25, 0.3) is 0 Å². The average molecular weight is 199 g/mol. The molecule has 0 aliphatic rings. The summed E-state index contributed by atoms with van der Waals surface area (Å²) in [5.41, 5.74) is -1.36. The van der Waals surface area contributed by atoms with E-state index in [-0.39, 0.29) is 18.3 Å². The van der Waals surface area contributed by atoms with Crippen molar-refractivity contribution in [2.45, 2.75) is 0 Å². The molecule has 4 N–H and O–H groups in total. The number of carbonyl (C=O) groups is 1. The largest absolute Gasteiger partial charge is 0.358 e. The van der Waals surface area contributed by atoms with E-state index in [1.165, 1.54) is 7.05 Å². The maximum atomic E-state index is 11.0. The number of nitrogens with one attached hydrogen (secondary N) is 4. The predicted octanol–water partition coefficient (Wildman–Crippen LogP) is -2.38. The molecule has 0 aliphatic carbocycles. The van der Waals surface area contributed by atoms with Crippen LogP contribution in [-0.4, -0.2) is 34.7 Å². The fourth-order valence-corrected chi connectivity index (χ4v) is 0.720. The molecule has 0 aliphatic heterocycles. The van der Waals surface area contributed by atoms with E-state index in [2.05, 4.69) is 15.7 Å². The number of H-pyrrole nitrogens is 2. The van der Waals surface area contributed by atoms with E-state index in [0.29, 0.717) is 0 Å². The van der Waals surface area contributed by atoms with E-state index in [0.717, 1.165) is 0 Å². The SMILES string of the molecule is CNC(=O)CNc1n[nH]c(=O)[nH]c1=O. The predicted molar refractivity (Wildman–Crippen MR) is 48.0 cm³/mol. The van der Waals surface area contributed by atoms with Crippen molar-refractivity contribution in [1.82, 2.24) is 20.5 Å². The van der Waals surface area contributed by atoms with Crippen molar-refractivity contribution in [2.24, 2.45) is 0 Å². The Labute approximate surface area is 77.7 Å². The molecule has 14 heavy (non-hydrogen) atoms. The lowest BCUT2D eigenvalue weighted by Gasteiger charge is -2.01. The minimum atomic E-state index is -0.694. The molecule has 76 valence electrons. The quantitative estimate of drug-likeness (QED) is 0.433. The lowest BCUT2D eigenvalue weighted by molar-refractivity contribution is -0.118. The van der Waals surface area contributed by atoms with Gasteiger partial charge in [-0.25, -0.2) is 9.89 Å². The minimum Gasteiger partial charge on any atom is -0.358 e. The Balaban J connectivity index is 2.73. The van der Waals surface area contributed by atoms with Gasteiger partial charge in [0.2, 0.25) is 11.7 Å². The third-order valence-electron chi connectivity index (χ3n) is 1.41. The maximum Gasteiger partial charge on any atom is 0.342 e. The summed E-state index contributed by atoms with van der Waals surface area (Å²) >= 11 is 0. The maximum absolute atomic E-state index is 11.0. The van der Waals surface area contributed by atoms with Gasteiger partial charge in [0.1, 0.15) is 0 Å². The second kappa shape index (κ2) is 4.21. The van der Waals surface area contributed by atoms with Crippen LogP contribution < -0.4 is 21.9 Å². The summed E-state index contributed by atoms with van der Waals surface area (Å²) in [6.07, 6.45) is 0. The van der Waals surface area contributed by atoms with Crippen LogP contribution in [-0.2, 0) is 4.79 Å². The molecule has 0 saturated heterocycles. The van der Waals surface area contributed by atoms with Gasteiger partial charge < -0.3 is 10.6 Å². The van der Waals surface area contributed by atoms with Gasteiger partial charge >= 0.3 is 5.69 Å². The van der Waals surface area contributed by atoms with Crippen LogP contribution in [0, 0.1) is 0 Å². The molecule has 8 heteroatoms. The first-order chi connectivity index (χ1) is 6.63. The summed E-state index contributed by atoms with van der Waals surface area (Å²) in [5.74, 6) is -0.398. The van der Waals surface area contributed by atoms with Gasteiger partial charge in [-0.15, -0.1) is 5.10 Å². The van der Waals surface area contributed by atoms with Crippen molar-refractivity contribution in [3.63, 3.8) is 0 Å². The number of hydrogen-bond acceptors (Lipinski definition) is 5. The van der Waals surface area contributed by atoms with Gasteiger partial charge in [-0.3, -0.25) is 14.6 Å². The molecular weight excluding hydrogens is 190 g/mol. The molecule has 1 rings (SSSR count). The summed E-state index contributed by atoms with van der Waals surface area (Å²) in [7, 11) is 1.47. The first-order valence-corrected chi connectivity index (χ1v) is 3.77. The topological polar surface area (TPSA) is 120 Å². The second-order valence-corrected chi connectivity index (χ2v) is 2.38. The summed E-state index contributed by atoms with van der Waals surface area (Å²) in [6, 6.07) is 0. The number of hydrogen-bond donors (Lipinski definition) is 4. The van der Waals surface area contributed by atoms with Crippen molar-refractivity contribution < 1.29 is 4.79 Å². The lowest BCUT2D eigenvalue weighted by Crippen LogP contribution is -2.31. The molecule has 0 unspecified atom stereocenters. The fraction of sp³-hybridized carbons (Fsp3) is 0.333. The molecule has 1 aromatic rings. The van der Waals surface area contributed by atoms with Gasteiger partial charge in [0, 0.05) is 7.05 Å². The Morgan fingerprint density at radius 2 is 2.21 bits per heavy atom. The van der Waals surface area contributed by atoms with E-state index in [1.54, 1.807) is 0 Å². The molecule has 0 fully saturated rings. The second-order valence-electron chi connectivity index (χ2n) is 2.38. The highest BCUT2D eigenvalue weighted by Crippen LogP contribution is 1.83. The minimum absolute atomic E-state index is 0.0847. The Bertz CT molecular complexity index is 434. The van der Waals surface area contributed by atoms with E-state index < -0.39 is 11.2 Å². The van der Waals surface area contributed by atoms with Crippen LogP contribution in [0.2, 0.25) is 0 Å². The van der Waals surface area contributed by atoms with Gasteiger partial charge in [-0.1, -0.05) is 0 Å².